The highest BCUT2D eigenvalue weighted by Gasteiger charge is 2.25. The van der Waals surface area contributed by atoms with Crippen LogP contribution >= 0.6 is 0 Å². The summed E-state index contributed by atoms with van der Waals surface area (Å²) in [4.78, 5) is 11.1. The SMILES string of the molecule is CC1CCC(OCc2cc(F)ccc2C(=O)O)CC1C. The van der Waals surface area contributed by atoms with Gasteiger partial charge in [0.05, 0.1) is 18.3 Å². The standard InChI is InChI=1S/C16H21FO3/c1-10-3-5-14(7-11(10)2)20-9-12-8-13(17)4-6-15(12)16(18)19/h4,6,8,10-11,14H,3,5,7,9H2,1-2H3,(H,18,19). The van der Waals surface area contributed by atoms with Gasteiger partial charge in [0.15, 0.2) is 0 Å². The molecular formula is C16H21FO3. The van der Waals surface area contributed by atoms with E-state index < -0.39 is 11.8 Å². The minimum absolute atomic E-state index is 0.114. The first-order valence-corrected chi connectivity index (χ1v) is 7.10. The summed E-state index contributed by atoms with van der Waals surface area (Å²) in [6.07, 6.45) is 3.24. The average Bonchev–Trinajstić information content (AvgIpc) is 2.40. The number of aromatic carboxylic acids is 1. The summed E-state index contributed by atoms with van der Waals surface area (Å²) in [5.41, 5.74) is 0.521. The van der Waals surface area contributed by atoms with Crippen LogP contribution in [0.15, 0.2) is 18.2 Å². The zero-order valence-electron chi connectivity index (χ0n) is 11.9. The second kappa shape index (κ2) is 6.35. The quantitative estimate of drug-likeness (QED) is 0.910. The van der Waals surface area contributed by atoms with E-state index in [9.17, 15) is 9.18 Å². The van der Waals surface area contributed by atoms with Crippen LogP contribution in [0.3, 0.4) is 0 Å². The highest BCUT2D eigenvalue weighted by molar-refractivity contribution is 5.89. The Morgan fingerprint density at radius 1 is 1.35 bits per heavy atom. The molecule has 1 aromatic carbocycles. The van der Waals surface area contributed by atoms with Crippen molar-refractivity contribution >= 4 is 5.97 Å². The van der Waals surface area contributed by atoms with E-state index in [1.807, 2.05) is 0 Å². The molecule has 0 spiro atoms. The first-order valence-electron chi connectivity index (χ1n) is 7.10. The maximum Gasteiger partial charge on any atom is 0.336 e. The number of halogens is 1. The molecule has 1 saturated carbocycles. The molecular weight excluding hydrogens is 259 g/mol. The van der Waals surface area contributed by atoms with E-state index in [1.165, 1.54) is 12.1 Å². The molecule has 0 amide bonds. The monoisotopic (exact) mass is 280 g/mol. The van der Waals surface area contributed by atoms with Crippen molar-refractivity contribution in [3.05, 3.63) is 35.1 Å². The van der Waals surface area contributed by atoms with Gasteiger partial charge in [0.1, 0.15) is 5.82 Å². The Labute approximate surface area is 118 Å². The van der Waals surface area contributed by atoms with E-state index in [4.69, 9.17) is 9.84 Å². The molecule has 0 radical (unpaired) electrons. The molecule has 0 aromatic heterocycles. The lowest BCUT2D eigenvalue weighted by molar-refractivity contribution is -0.00794. The Balaban J connectivity index is 2.00. The lowest BCUT2D eigenvalue weighted by atomic mass is 9.80. The van der Waals surface area contributed by atoms with Crippen molar-refractivity contribution in [1.82, 2.24) is 0 Å². The fraction of sp³-hybridized carbons (Fsp3) is 0.562. The van der Waals surface area contributed by atoms with Gasteiger partial charge in [-0.15, -0.1) is 0 Å². The third-order valence-electron chi connectivity index (χ3n) is 4.32. The van der Waals surface area contributed by atoms with E-state index in [1.54, 1.807) is 0 Å². The minimum atomic E-state index is -1.05. The van der Waals surface area contributed by atoms with Gasteiger partial charge in [0, 0.05) is 0 Å². The molecule has 1 aromatic rings. The number of hydrogen-bond acceptors (Lipinski definition) is 2. The Kier molecular flexibility index (Phi) is 4.76. The molecule has 0 heterocycles. The van der Waals surface area contributed by atoms with E-state index in [-0.39, 0.29) is 18.3 Å². The van der Waals surface area contributed by atoms with Crippen LogP contribution in [0.5, 0.6) is 0 Å². The second-order valence-electron chi connectivity index (χ2n) is 5.81. The van der Waals surface area contributed by atoms with E-state index in [2.05, 4.69) is 13.8 Å². The van der Waals surface area contributed by atoms with E-state index in [0.29, 0.717) is 17.4 Å². The van der Waals surface area contributed by atoms with Crippen molar-refractivity contribution in [2.24, 2.45) is 11.8 Å². The van der Waals surface area contributed by atoms with Crippen molar-refractivity contribution in [3.63, 3.8) is 0 Å². The molecule has 1 aliphatic carbocycles. The predicted octanol–water partition coefficient (Wildman–Crippen LogP) is 3.87. The molecule has 0 saturated heterocycles. The highest BCUT2D eigenvalue weighted by atomic mass is 19.1. The number of benzene rings is 1. The molecule has 0 aliphatic heterocycles. The summed E-state index contributed by atoms with van der Waals surface area (Å²) in [5.74, 6) is -0.160. The molecule has 110 valence electrons. The molecule has 1 fully saturated rings. The summed E-state index contributed by atoms with van der Waals surface area (Å²) < 4.78 is 19.0. The summed E-state index contributed by atoms with van der Waals surface area (Å²) in [6, 6.07) is 3.71. The van der Waals surface area contributed by atoms with Crippen LogP contribution in [0, 0.1) is 17.7 Å². The zero-order valence-corrected chi connectivity index (χ0v) is 11.9. The third kappa shape index (κ3) is 3.57. The van der Waals surface area contributed by atoms with Crippen LogP contribution in [0.1, 0.15) is 49.0 Å². The van der Waals surface area contributed by atoms with Gasteiger partial charge < -0.3 is 9.84 Å². The summed E-state index contributed by atoms with van der Waals surface area (Å²) >= 11 is 0. The molecule has 3 nitrogen and oxygen atoms in total. The van der Waals surface area contributed by atoms with Crippen LogP contribution in [-0.4, -0.2) is 17.2 Å². The molecule has 0 bridgehead atoms. The maximum absolute atomic E-state index is 13.2. The summed E-state index contributed by atoms with van der Waals surface area (Å²) in [6.45, 7) is 4.62. The Hall–Kier alpha value is -1.42. The summed E-state index contributed by atoms with van der Waals surface area (Å²) in [7, 11) is 0. The largest absolute Gasteiger partial charge is 0.478 e. The van der Waals surface area contributed by atoms with Crippen molar-refractivity contribution in [2.75, 3.05) is 0 Å². The molecule has 3 unspecified atom stereocenters. The van der Waals surface area contributed by atoms with E-state index in [0.717, 1.165) is 25.3 Å². The zero-order chi connectivity index (χ0) is 14.7. The number of carboxylic acids is 1. The van der Waals surface area contributed by atoms with Crippen molar-refractivity contribution in [1.29, 1.82) is 0 Å². The fourth-order valence-electron chi connectivity index (χ4n) is 2.75. The van der Waals surface area contributed by atoms with Crippen LogP contribution < -0.4 is 0 Å². The van der Waals surface area contributed by atoms with E-state index >= 15 is 0 Å². The number of carbonyl (C=O) groups is 1. The van der Waals surface area contributed by atoms with Gasteiger partial charge in [0.25, 0.3) is 0 Å². The van der Waals surface area contributed by atoms with Gasteiger partial charge in [-0.25, -0.2) is 9.18 Å². The number of carboxylic acid groups (broad SMARTS) is 1. The molecule has 20 heavy (non-hydrogen) atoms. The Morgan fingerprint density at radius 3 is 2.75 bits per heavy atom. The minimum Gasteiger partial charge on any atom is -0.478 e. The second-order valence-corrected chi connectivity index (χ2v) is 5.81. The molecule has 4 heteroatoms. The number of ether oxygens (including phenoxy) is 1. The first-order chi connectivity index (χ1) is 9.47. The Morgan fingerprint density at radius 2 is 2.10 bits per heavy atom. The average molecular weight is 280 g/mol. The third-order valence-corrected chi connectivity index (χ3v) is 4.32. The normalized spacial score (nSPS) is 26.4. The van der Waals surface area contributed by atoms with Gasteiger partial charge in [-0.3, -0.25) is 0 Å². The highest BCUT2D eigenvalue weighted by Crippen LogP contribution is 2.31. The Bertz CT molecular complexity index is 487. The van der Waals surface area contributed by atoms with Gasteiger partial charge in [0.2, 0.25) is 0 Å². The number of rotatable bonds is 4. The lowest BCUT2D eigenvalue weighted by Gasteiger charge is -2.32. The molecule has 1 aliphatic rings. The van der Waals surface area contributed by atoms with Gasteiger partial charge in [-0.2, -0.15) is 0 Å². The molecule has 1 N–H and O–H groups in total. The van der Waals surface area contributed by atoms with Gasteiger partial charge in [-0.05, 0) is 54.9 Å². The smallest absolute Gasteiger partial charge is 0.336 e. The van der Waals surface area contributed by atoms with Gasteiger partial charge >= 0.3 is 5.97 Å². The molecule has 3 atom stereocenters. The fourth-order valence-corrected chi connectivity index (χ4v) is 2.75. The van der Waals surface area contributed by atoms with Crippen LogP contribution in [0.2, 0.25) is 0 Å². The van der Waals surface area contributed by atoms with Crippen molar-refractivity contribution in [3.8, 4) is 0 Å². The van der Waals surface area contributed by atoms with Crippen LogP contribution in [0.25, 0.3) is 0 Å². The van der Waals surface area contributed by atoms with Crippen molar-refractivity contribution in [2.45, 2.75) is 45.8 Å². The maximum atomic E-state index is 13.2. The topological polar surface area (TPSA) is 46.5 Å². The van der Waals surface area contributed by atoms with Crippen LogP contribution in [0.4, 0.5) is 4.39 Å². The van der Waals surface area contributed by atoms with Crippen molar-refractivity contribution < 1.29 is 19.0 Å². The predicted molar refractivity (Wildman–Crippen MR) is 74.1 cm³/mol. The summed E-state index contributed by atoms with van der Waals surface area (Å²) in [5, 5.41) is 9.09. The van der Waals surface area contributed by atoms with Crippen LogP contribution in [-0.2, 0) is 11.3 Å². The molecule has 2 rings (SSSR count). The van der Waals surface area contributed by atoms with Gasteiger partial charge in [-0.1, -0.05) is 13.8 Å². The number of hydrogen-bond donors (Lipinski definition) is 1. The first kappa shape index (κ1) is 15.0. The lowest BCUT2D eigenvalue weighted by Crippen LogP contribution is -2.26.